The number of hydrogen-bond donors (Lipinski definition) is 1. The molecule has 7 heteroatoms. The van der Waals surface area contributed by atoms with Crippen molar-refractivity contribution in [1.29, 1.82) is 0 Å². The molecule has 1 aliphatic carbocycles. The number of amides is 1. The van der Waals surface area contributed by atoms with Gasteiger partial charge in [-0.1, -0.05) is 19.3 Å². The second kappa shape index (κ2) is 7.73. The number of carbonyl (C=O) groups is 2. The van der Waals surface area contributed by atoms with E-state index in [0.717, 1.165) is 44.3 Å². The summed E-state index contributed by atoms with van der Waals surface area (Å²) in [5.41, 5.74) is 0.712. The number of esters is 1. The number of hydrogen-bond acceptors (Lipinski definition) is 5. The fourth-order valence-electron chi connectivity index (χ4n) is 4.06. The molecule has 1 atom stereocenters. The zero-order valence-corrected chi connectivity index (χ0v) is 16.1. The molecule has 0 saturated heterocycles. The van der Waals surface area contributed by atoms with Crippen LogP contribution in [0.4, 0.5) is 0 Å². The van der Waals surface area contributed by atoms with Crippen LogP contribution >= 0.6 is 0 Å². The summed E-state index contributed by atoms with van der Waals surface area (Å²) >= 11 is 0. The molecule has 1 N–H and O–H groups in total. The third-order valence-electron chi connectivity index (χ3n) is 5.66. The second-order valence-electron chi connectivity index (χ2n) is 7.71. The van der Waals surface area contributed by atoms with E-state index in [-0.39, 0.29) is 17.5 Å². The zero-order valence-electron chi connectivity index (χ0n) is 16.1. The molecule has 28 heavy (non-hydrogen) atoms. The van der Waals surface area contributed by atoms with Gasteiger partial charge in [-0.2, -0.15) is 0 Å². The summed E-state index contributed by atoms with van der Waals surface area (Å²) in [6, 6.07) is 4.91. The Hall–Kier alpha value is -2.70. The predicted octanol–water partition coefficient (Wildman–Crippen LogP) is 2.34. The van der Waals surface area contributed by atoms with Gasteiger partial charge in [0.25, 0.3) is 11.5 Å². The van der Waals surface area contributed by atoms with Gasteiger partial charge in [-0.15, -0.1) is 0 Å². The fourth-order valence-corrected chi connectivity index (χ4v) is 4.06. The van der Waals surface area contributed by atoms with Gasteiger partial charge in [-0.05, 0) is 44.4 Å². The van der Waals surface area contributed by atoms with Crippen LogP contribution in [-0.2, 0) is 22.5 Å². The van der Waals surface area contributed by atoms with Gasteiger partial charge >= 0.3 is 5.97 Å². The van der Waals surface area contributed by atoms with Crippen LogP contribution in [0, 0.1) is 0 Å². The van der Waals surface area contributed by atoms with E-state index in [4.69, 9.17) is 4.74 Å². The van der Waals surface area contributed by atoms with E-state index in [1.165, 1.54) is 6.42 Å². The molecule has 1 aromatic carbocycles. The molecule has 4 rings (SSSR count). The number of benzene rings is 1. The van der Waals surface area contributed by atoms with Crippen molar-refractivity contribution in [2.45, 2.75) is 70.6 Å². The summed E-state index contributed by atoms with van der Waals surface area (Å²) in [7, 11) is 0. The lowest BCUT2D eigenvalue weighted by Crippen LogP contribution is -2.42. The van der Waals surface area contributed by atoms with Gasteiger partial charge in [0.2, 0.25) is 0 Å². The van der Waals surface area contributed by atoms with Crippen LogP contribution in [0.3, 0.4) is 0 Å². The number of carbonyl (C=O) groups excluding carboxylic acids is 2. The number of nitrogens with zero attached hydrogens (tertiary/aromatic N) is 2. The van der Waals surface area contributed by atoms with Crippen LogP contribution in [0.2, 0.25) is 0 Å². The highest BCUT2D eigenvalue weighted by Gasteiger charge is 2.23. The first-order valence-corrected chi connectivity index (χ1v) is 10.1. The van der Waals surface area contributed by atoms with Crippen LogP contribution in [0.5, 0.6) is 0 Å². The van der Waals surface area contributed by atoms with E-state index in [1.807, 2.05) is 0 Å². The van der Waals surface area contributed by atoms with Crippen molar-refractivity contribution in [3.05, 3.63) is 39.9 Å². The average Bonchev–Trinajstić information content (AvgIpc) is 3.17. The summed E-state index contributed by atoms with van der Waals surface area (Å²) in [4.78, 5) is 41.9. The smallest absolute Gasteiger partial charge is 0.338 e. The largest absolute Gasteiger partial charge is 0.449 e. The molecule has 2 aromatic rings. The highest BCUT2D eigenvalue weighted by molar-refractivity contribution is 5.95. The molecule has 1 aromatic heterocycles. The molecule has 148 valence electrons. The summed E-state index contributed by atoms with van der Waals surface area (Å²) < 4.78 is 7.04. The Morgan fingerprint density at radius 3 is 2.79 bits per heavy atom. The molecule has 0 spiro atoms. The molecule has 7 nitrogen and oxygen atoms in total. The van der Waals surface area contributed by atoms with Gasteiger partial charge in [-0.25, -0.2) is 9.78 Å². The number of nitrogens with one attached hydrogen (secondary N) is 1. The van der Waals surface area contributed by atoms with E-state index < -0.39 is 12.1 Å². The van der Waals surface area contributed by atoms with Crippen molar-refractivity contribution in [2.75, 3.05) is 0 Å². The van der Waals surface area contributed by atoms with Gasteiger partial charge < -0.3 is 10.1 Å². The highest BCUT2D eigenvalue weighted by atomic mass is 16.5. The van der Waals surface area contributed by atoms with Crippen molar-refractivity contribution in [1.82, 2.24) is 14.9 Å². The Morgan fingerprint density at radius 2 is 2.00 bits per heavy atom. The topological polar surface area (TPSA) is 90.3 Å². The van der Waals surface area contributed by atoms with E-state index in [2.05, 4.69) is 10.3 Å². The number of aryl methyl sites for hydroxylation is 1. The lowest BCUT2D eigenvalue weighted by Gasteiger charge is -2.24. The van der Waals surface area contributed by atoms with Crippen LogP contribution in [0.1, 0.15) is 61.6 Å². The first-order valence-electron chi connectivity index (χ1n) is 10.1. The van der Waals surface area contributed by atoms with Crippen molar-refractivity contribution in [3.8, 4) is 0 Å². The van der Waals surface area contributed by atoms with Gasteiger partial charge in [0, 0.05) is 19.0 Å². The van der Waals surface area contributed by atoms with Gasteiger partial charge in [-0.3, -0.25) is 14.2 Å². The van der Waals surface area contributed by atoms with Gasteiger partial charge in [0.1, 0.15) is 5.82 Å². The van der Waals surface area contributed by atoms with Crippen molar-refractivity contribution >= 4 is 22.8 Å². The van der Waals surface area contributed by atoms with Crippen molar-refractivity contribution in [3.63, 3.8) is 0 Å². The highest BCUT2D eigenvalue weighted by Crippen LogP contribution is 2.19. The van der Waals surface area contributed by atoms with E-state index >= 15 is 0 Å². The summed E-state index contributed by atoms with van der Waals surface area (Å²) in [6.07, 6.45) is 6.19. The molecule has 0 unspecified atom stereocenters. The maximum atomic E-state index is 12.5. The zero-order chi connectivity index (χ0) is 19.7. The number of rotatable bonds is 4. The minimum atomic E-state index is -0.872. The number of ether oxygens (including phenoxy) is 1. The lowest BCUT2D eigenvalue weighted by molar-refractivity contribution is -0.130. The van der Waals surface area contributed by atoms with Crippen LogP contribution in [0.15, 0.2) is 23.0 Å². The molecule has 1 amide bonds. The first-order chi connectivity index (χ1) is 13.5. The minimum Gasteiger partial charge on any atom is -0.449 e. The van der Waals surface area contributed by atoms with Gasteiger partial charge in [0.05, 0.1) is 16.5 Å². The third-order valence-corrected chi connectivity index (χ3v) is 5.66. The normalized spacial score (nSPS) is 17.9. The van der Waals surface area contributed by atoms with Crippen LogP contribution in [0.25, 0.3) is 10.9 Å². The van der Waals surface area contributed by atoms with Crippen LogP contribution in [-0.4, -0.2) is 33.6 Å². The number of aromatic nitrogens is 2. The molecule has 2 aliphatic rings. The van der Waals surface area contributed by atoms with Crippen molar-refractivity contribution < 1.29 is 14.3 Å². The molecular weight excluding hydrogens is 358 g/mol. The summed E-state index contributed by atoms with van der Waals surface area (Å²) in [5.74, 6) is -0.103. The van der Waals surface area contributed by atoms with Crippen molar-refractivity contribution in [2.24, 2.45) is 0 Å². The summed E-state index contributed by atoms with van der Waals surface area (Å²) in [5, 5.41) is 3.46. The average molecular weight is 383 g/mol. The monoisotopic (exact) mass is 383 g/mol. The standard InChI is InChI=1S/C21H25N3O4/c1-13(19(25)22-15-6-3-2-4-7-15)28-21(27)14-9-10-16-17(12-14)23-18-8-5-11-24(18)20(16)26/h9-10,12-13,15H,2-8,11H2,1H3,(H,22,25)/t13-/m1/s1. The number of fused-ring (bicyclic) bond motifs is 2. The molecule has 1 aliphatic heterocycles. The first kappa shape index (κ1) is 18.7. The molecule has 2 heterocycles. The van der Waals surface area contributed by atoms with Gasteiger partial charge in [0.15, 0.2) is 6.10 Å². The third kappa shape index (κ3) is 3.66. The molecule has 0 bridgehead atoms. The molecular formula is C21H25N3O4. The van der Waals surface area contributed by atoms with E-state index in [9.17, 15) is 14.4 Å². The molecule has 1 saturated carbocycles. The minimum absolute atomic E-state index is 0.0716. The molecule has 1 fully saturated rings. The summed E-state index contributed by atoms with van der Waals surface area (Å²) in [6.45, 7) is 2.27. The maximum Gasteiger partial charge on any atom is 0.338 e. The Balaban J connectivity index is 1.47. The lowest BCUT2D eigenvalue weighted by atomic mass is 9.95. The van der Waals surface area contributed by atoms with E-state index in [0.29, 0.717) is 23.0 Å². The Kier molecular flexibility index (Phi) is 5.15. The predicted molar refractivity (Wildman–Crippen MR) is 104 cm³/mol. The second-order valence-corrected chi connectivity index (χ2v) is 7.71. The molecule has 0 radical (unpaired) electrons. The SMILES string of the molecule is C[C@@H](OC(=O)c1ccc2c(=O)n3c(nc2c1)CCC3)C(=O)NC1CCCCC1. The fraction of sp³-hybridized carbons (Fsp3) is 0.524. The van der Waals surface area contributed by atoms with Crippen LogP contribution < -0.4 is 10.9 Å². The Morgan fingerprint density at radius 1 is 1.21 bits per heavy atom. The maximum absolute atomic E-state index is 12.5. The quantitative estimate of drug-likeness (QED) is 0.819. The van der Waals surface area contributed by atoms with E-state index in [1.54, 1.807) is 29.7 Å². The Bertz CT molecular complexity index is 976. The Labute approximate surface area is 163 Å².